The largest absolute Gasteiger partial charge is 0.418 e. The Hall–Kier alpha value is -3.71. The third kappa shape index (κ3) is 4.47. The Morgan fingerprint density at radius 3 is 2.37 bits per heavy atom. The van der Waals surface area contributed by atoms with Gasteiger partial charge in [0, 0.05) is 11.3 Å². The summed E-state index contributed by atoms with van der Waals surface area (Å²) in [4.78, 5) is 12.6. The number of hydrogen-bond donors (Lipinski definition) is 2. The minimum atomic E-state index is -0.688. The normalized spacial score (nSPS) is 11.7. The van der Waals surface area contributed by atoms with Crippen molar-refractivity contribution in [2.45, 2.75) is 6.04 Å². The van der Waals surface area contributed by atoms with Crippen molar-refractivity contribution in [3.8, 4) is 11.5 Å². The zero-order valence-electron chi connectivity index (χ0n) is 15.5. The van der Waals surface area contributed by atoms with E-state index in [-0.39, 0.29) is 10.9 Å². The maximum atomic E-state index is 13.3. The number of nitrogens with one attached hydrogen (secondary N) is 2. The van der Waals surface area contributed by atoms with Gasteiger partial charge < -0.3 is 15.1 Å². The first-order valence-electron chi connectivity index (χ1n) is 9.06. The summed E-state index contributed by atoms with van der Waals surface area (Å²) in [6, 6.07) is 21.3. The molecule has 6 nitrogen and oxygen atoms in total. The molecule has 0 aliphatic rings. The molecule has 0 aliphatic heterocycles. The van der Waals surface area contributed by atoms with Crippen LogP contribution in [0.3, 0.4) is 0 Å². The Labute approximate surface area is 176 Å². The van der Waals surface area contributed by atoms with E-state index in [1.54, 1.807) is 0 Å². The Bertz CT molecular complexity index is 1150. The van der Waals surface area contributed by atoms with Gasteiger partial charge in [0.25, 0.3) is 0 Å². The molecule has 150 valence electrons. The number of aromatic nitrogens is 2. The standard InChI is InChI=1S/C22H16ClFN4O2/c23-17-13-16(11-12-18(17)24)25-22(29)26-19(14-7-3-1-4-8-14)21-28-27-20(30-21)15-9-5-2-6-10-15/h1-13,19H,(H2,25,26,29). The number of hydrogen-bond acceptors (Lipinski definition) is 4. The van der Waals surface area contributed by atoms with Crippen molar-refractivity contribution in [3.05, 3.63) is 101 Å². The summed E-state index contributed by atoms with van der Waals surface area (Å²) >= 11 is 5.78. The molecule has 0 bridgehead atoms. The molecule has 0 fully saturated rings. The number of urea groups is 1. The van der Waals surface area contributed by atoms with Gasteiger partial charge in [-0.3, -0.25) is 0 Å². The van der Waals surface area contributed by atoms with E-state index in [1.165, 1.54) is 18.2 Å². The fourth-order valence-corrected chi connectivity index (χ4v) is 3.03. The number of benzene rings is 3. The van der Waals surface area contributed by atoms with Gasteiger partial charge in [0.05, 0.1) is 5.02 Å². The van der Waals surface area contributed by atoms with E-state index in [4.69, 9.17) is 16.0 Å². The second kappa shape index (κ2) is 8.75. The van der Waals surface area contributed by atoms with Gasteiger partial charge in [-0.15, -0.1) is 10.2 Å². The van der Waals surface area contributed by atoms with Gasteiger partial charge in [0.2, 0.25) is 11.8 Å². The van der Waals surface area contributed by atoms with Gasteiger partial charge in [-0.05, 0) is 35.9 Å². The van der Waals surface area contributed by atoms with Crippen molar-refractivity contribution in [3.63, 3.8) is 0 Å². The number of rotatable bonds is 5. The fraction of sp³-hybridized carbons (Fsp3) is 0.0455. The van der Waals surface area contributed by atoms with Crippen LogP contribution >= 0.6 is 11.6 Å². The highest BCUT2D eigenvalue weighted by atomic mass is 35.5. The second-order valence-corrected chi connectivity index (χ2v) is 6.79. The van der Waals surface area contributed by atoms with Crippen molar-refractivity contribution in [2.75, 3.05) is 5.32 Å². The van der Waals surface area contributed by atoms with Crippen LogP contribution in [0.4, 0.5) is 14.9 Å². The van der Waals surface area contributed by atoms with E-state index >= 15 is 0 Å². The van der Waals surface area contributed by atoms with Crippen molar-refractivity contribution in [2.24, 2.45) is 0 Å². The van der Waals surface area contributed by atoms with Crippen LogP contribution in [0, 0.1) is 5.82 Å². The molecular formula is C22H16ClFN4O2. The van der Waals surface area contributed by atoms with Crippen molar-refractivity contribution in [1.29, 1.82) is 0 Å². The molecule has 1 aromatic heterocycles. The quantitative estimate of drug-likeness (QED) is 0.448. The Kier molecular flexibility index (Phi) is 5.72. The monoisotopic (exact) mass is 422 g/mol. The minimum absolute atomic E-state index is 0.0863. The summed E-state index contributed by atoms with van der Waals surface area (Å²) in [5.74, 6) is 0.00971. The van der Waals surface area contributed by atoms with E-state index in [1.807, 2.05) is 60.7 Å². The molecule has 1 heterocycles. The average Bonchev–Trinajstić information content (AvgIpc) is 3.26. The molecule has 2 N–H and O–H groups in total. The summed E-state index contributed by atoms with van der Waals surface area (Å²) in [5, 5.41) is 13.6. The third-order valence-electron chi connectivity index (χ3n) is 4.29. The molecule has 4 rings (SSSR count). The van der Waals surface area contributed by atoms with E-state index in [9.17, 15) is 9.18 Å². The molecule has 3 aromatic carbocycles. The van der Waals surface area contributed by atoms with Crippen LogP contribution in [-0.2, 0) is 0 Å². The molecule has 30 heavy (non-hydrogen) atoms. The second-order valence-electron chi connectivity index (χ2n) is 6.38. The number of nitrogens with zero attached hydrogens (tertiary/aromatic N) is 2. The molecule has 4 aromatic rings. The van der Waals surface area contributed by atoms with E-state index in [0.717, 1.165) is 11.1 Å². The number of carbonyl (C=O) groups is 1. The summed E-state index contributed by atoms with van der Waals surface area (Å²) < 4.78 is 19.2. The van der Waals surface area contributed by atoms with Crippen LogP contribution in [-0.4, -0.2) is 16.2 Å². The molecule has 0 saturated heterocycles. The number of carbonyl (C=O) groups excluding carboxylic acids is 1. The van der Waals surface area contributed by atoms with Crippen LogP contribution in [0.25, 0.3) is 11.5 Å². The van der Waals surface area contributed by atoms with Crippen LogP contribution < -0.4 is 10.6 Å². The highest BCUT2D eigenvalue weighted by Crippen LogP contribution is 2.25. The lowest BCUT2D eigenvalue weighted by Gasteiger charge is -2.16. The third-order valence-corrected chi connectivity index (χ3v) is 4.58. The number of halogens is 2. The molecule has 1 unspecified atom stereocenters. The van der Waals surface area contributed by atoms with Gasteiger partial charge >= 0.3 is 6.03 Å². The molecule has 1 atom stereocenters. The SMILES string of the molecule is O=C(Nc1ccc(F)c(Cl)c1)NC(c1ccccc1)c1nnc(-c2ccccc2)o1. The van der Waals surface area contributed by atoms with E-state index in [2.05, 4.69) is 20.8 Å². The van der Waals surface area contributed by atoms with Crippen molar-refractivity contribution in [1.82, 2.24) is 15.5 Å². The summed E-state index contributed by atoms with van der Waals surface area (Å²) in [6.07, 6.45) is 0. The summed E-state index contributed by atoms with van der Waals surface area (Å²) in [7, 11) is 0. The van der Waals surface area contributed by atoms with Crippen molar-refractivity contribution < 1.29 is 13.6 Å². The van der Waals surface area contributed by atoms with E-state index in [0.29, 0.717) is 11.6 Å². The zero-order chi connectivity index (χ0) is 20.9. The van der Waals surface area contributed by atoms with Crippen molar-refractivity contribution >= 4 is 23.3 Å². The lowest BCUT2D eigenvalue weighted by atomic mass is 10.1. The van der Waals surface area contributed by atoms with E-state index < -0.39 is 17.9 Å². The maximum Gasteiger partial charge on any atom is 0.320 e. The van der Waals surface area contributed by atoms with Gasteiger partial charge in [0.1, 0.15) is 11.9 Å². The highest BCUT2D eigenvalue weighted by Gasteiger charge is 2.23. The zero-order valence-corrected chi connectivity index (χ0v) is 16.3. The topological polar surface area (TPSA) is 80.0 Å². The van der Waals surface area contributed by atoms with Gasteiger partial charge in [-0.25, -0.2) is 9.18 Å². The number of anilines is 1. The first kappa shape index (κ1) is 19.6. The molecule has 0 aliphatic carbocycles. The lowest BCUT2D eigenvalue weighted by molar-refractivity contribution is 0.248. The average molecular weight is 423 g/mol. The lowest BCUT2D eigenvalue weighted by Crippen LogP contribution is -2.33. The smallest absolute Gasteiger partial charge is 0.320 e. The summed E-state index contributed by atoms with van der Waals surface area (Å²) in [5.41, 5.74) is 1.88. The molecule has 8 heteroatoms. The molecule has 0 radical (unpaired) electrons. The first-order chi connectivity index (χ1) is 14.6. The summed E-state index contributed by atoms with van der Waals surface area (Å²) in [6.45, 7) is 0. The predicted octanol–water partition coefficient (Wildman–Crippen LogP) is 5.44. The first-order valence-corrected chi connectivity index (χ1v) is 9.44. The molecular weight excluding hydrogens is 407 g/mol. The fourth-order valence-electron chi connectivity index (χ4n) is 2.85. The number of amides is 2. The van der Waals surface area contributed by atoms with Gasteiger partial charge in [0.15, 0.2) is 0 Å². The van der Waals surface area contributed by atoms with Crippen LogP contribution in [0.1, 0.15) is 17.5 Å². The predicted molar refractivity (Wildman–Crippen MR) is 112 cm³/mol. The Balaban J connectivity index is 1.59. The molecule has 0 saturated carbocycles. The molecule has 0 spiro atoms. The molecule has 2 amide bonds. The Morgan fingerprint density at radius 1 is 0.967 bits per heavy atom. The maximum absolute atomic E-state index is 13.3. The van der Waals surface area contributed by atoms with Crippen LogP contribution in [0.2, 0.25) is 5.02 Å². The Morgan fingerprint density at radius 2 is 1.67 bits per heavy atom. The van der Waals surface area contributed by atoms with Crippen LogP contribution in [0.5, 0.6) is 0 Å². The van der Waals surface area contributed by atoms with Gasteiger partial charge in [-0.1, -0.05) is 60.1 Å². The minimum Gasteiger partial charge on any atom is -0.418 e. The van der Waals surface area contributed by atoms with Gasteiger partial charge in [-0.2, -0.15) is 0 Å². The highest BCUT2D eigenvalue weighted by molar-refractivity contribution is 6.31. The van der Waals surface area contributed by atoms with Crippen LogP contribution in [0.15, 0.2) is 83.3 Å².